The summed E-state index contributed by atoms with van der Waals surface area (Å²) < 4.78 is 0. The molecule has 2 atom stereocenters. The number of hydrogen-bond acceptors (Lipinski definition) is 4. The Morgan fingerprint density at radius 1 is 1.16 bits per heavy atom. The summed E-state index contributed by atoms with van der Waals surface area (Å²) in [6, 6.07) is -2.94. The first kappa shape index (κ1) is 17.2. The van der Waals surface area contributed by atoms with Crippen LogP contribution < -0.4 is 16.4 Å². The molecule has 110 valence electrons. The molecule has 8 nitrogen and oxygen atoms in total. The molecule has 19 heavy (non-hydrogen) atoms. The highest BCUT2D eigenvalue weighted by molar-refractivity contribution is 5.89. The third-order valence-electron chi connectivity index (χ3n) is 2.37. The number of nitrogens with one attached hydrogen (secondary N) is 2. The van der Waals surface area contributed by atoms with Gasteiger partial charge in [-0.25, -0.2) is 9.59 Å². The lowest BCUT2D eigenvalue weighted by atomic mass is 10.0. The van der Waals surface area contributed by atoms with E-state index in [1.165, 1.54) is 0 Å². The number of carbonyl (C=O) groups is 3. The lowest BCUT2D eigenvalue weighted by Gasteiger charge is -2.21. The van der Waals surface area contributed by atoms with Crippen LogP contribution in [0.2, 0.25) is 0 Å². The summed E-state index contributed by atoms with van der Waals surface area (Å²) in [6.45, 7) is 3.34. The van der Waals surface area contributed by atoms with Gasteiger partial charge in [-0.1, -0.05) is 13.8 Å². The quantitative estimate of drug-likeness (QED) is 0.387. The first-order chi connectivity index (χ1) is 8.77. The van der Waals surface area contributed by atoms with Gasteiger partial charge in [0.1, 0.15) is 12.1 Å². The van der Waals surface area contributed by atoms with Crippen molar-refractivity contribution in [2.45, 2.75) is 38.8 Å². The van der Waals surface area contributed by atoms with Gasteiger partial charge in [-0.15, -0.1) is 0 Å². The number of aliphatic carboxylic acids is 1. The van der Waals surface area contributed by atoms with Gasteiger partial charge in [-0.3, -0.25) is 4.79 Å². The molecule has 0 spiro atoms. The standard InChI is InChI=1S/C11H21N3O5/c1-6(2)5-8(14-11(12)19)9(16)13-7(3-4-15)10(17)18/h6-8,15H,3-5H2,1-2H3,(H,13,16)(H,17,18)(H3,12,14,19)/t7-,8?/m0/s1. The molecule has 0 saturated heterocycles. The molecule has 0 saturated carbocycles. The monoisotopic (exact) mass is 275 g/mol. The van der Waals surface area contributed by atoms with E-state index >= 15 is 0 Å². The van der Waals surface area contributed by atoms with E-state index in [4.69, 9.17) is 15.9 Å². The number of carbonyl (C=O) groups excluding carboxylic acids is 2. The number of carboxylic acids is 1. The maximum Gasteiger partial charge on any atom is 0.326 e. The maximum absolute atomic E-state index is 11.9. The van der Waals surface area contributed by atoms with Crippen molar-refractivity contribution in [1.29, 1.82) is 0 Å². The zero-order valence-electron chi connectivity index (χ0n) is 11.0. The van der Waals surface area contributed by atoms with E-state index < -0.39 is 30.0 Å². The number of aliphatic hydroxyl groups excluding tert-OH is 1. The molecule has 0 bridgehead atoms. The second kappa shape index (κ2) is 8.30. The van der Waals surface area contributed by atoms with Crippen molar-refractivity contribution in [3.63, 3.8) is 0 Å². The van der Waals surface area contributed by atoms with E-state index in [1.54, 1.807) is 0 Å². The van der Waals surface area contributed by atoms with Crippen LogP contribution >= 0.6 is 0 Å². The summed E-state index contributed by atoms with van der Waals surface area (Å²) in [5.74, 6) is -1.76. The average molecular weight is 275 g/mol. The predicted molar refractivity (Wildman–Crippen MR) is 67.2 cm³/mol. The highest BCUT2D eigenvalue weighted by Gasteiger charge is 2.26. The second-order valence-electron chi connectivity index (χ2n) is 4.60. The summed E-state index contributed by atoms with van der Waals surface area (Å²) >= 11 is 0. The molecule has 0 fully saturated rings. The van der Waals surface area contributed by atoms with Crippen molar-refractivity contribution in [2.24, 2.45) is 11.7 Å². The minimum absolute atomic E-state index is 0.105. The zero-order valence-corrected chi connectivity index (χ0v) is 11.0. The Hall–Kier alpha value is -1.83. The van der Waals surface area contributed by atoms with Crippen LogP contribution in [0.5, 0.6) is 0 Å². The molecule has 6 N–H and O–H groups in total. The van der Waals surface area contributed by atoms with Gasteiger partial charge in [0.2, 0.25) is 5.91 Å². The Balaban J connectivity index is 4.68. The predicted octanol–water partition coefficient (Wildman–Crippen LogP) is -0.979. The molecule has 0 radical (unpaired) electrons. The number of urea groups is 1. The van der Waals surface area contributed by atoms with Gasteiger partial charge < -0.3 is 26.6 Å². The van der Waals surface area contributed by atoms with Gasteiger partial charge in [0, 0.05) is 13.0 Å². The number of nitrogens with two attached hydrogens (primary N) is 1. The zero-order chi connectivity index (χ0) is 15.0. The Labute approximate surface area is 111 Å². The van der Waals surface area contributed by atoms with E-state index in [1.807, 2.05) is 13.8 Å². The Bertz CT molecular complexity index is 332. The Morgan fingerprint density at radius 2 is 1.74 bits per heavy atom. The van der Waals surface area contributed by atoms with Crippen LogP contribution in [0, 0.1) is 5.92 Å². The minimum Gasteiger partial charge on any atom is -0.480 e. The smallest absolute Gasteiger partial charge is 0.326 e. The fourth-order valence-electron chi connectivity index (χ4n) is 1.53. The number of carboxylic acid groups (broad SMARTS) is 1. The molecule has 1 unspecified atom stereocenters. The number of amides is 3. The summed E-state index contributed by atoms with van der Waals surface area (Å²) in [5.41, 5.74) is 4.97. The van der Waals surface area contributed by atoms with Crippen LogP contribution in [0.25, 0.3) is 0 Å². The molecule has 0 aliphatic heterocycles. The van der Waals surface area contributed by atoms with E-state index in [0.717, 1.165) is 0 Å². The molecule has 0 aliphatic carbocycles. The molecule has 0 aromatic heterocycles. The van der Waals surface area contributed by atoms with Crippen molar-refractivity contribution in [2.75, 3.05) is 6.61 Å². The van der Waals surface area contributed by atoms with E-state index in [-0.39, 0.29) is 18.9 Å². The Kier molecular flexibility index (Phi) is 7.50. The van der Waals surface area contributed by atoms with E-state index in [0.29, 0.717) is 6.42 Å². The number of hydrogen-bond donors (Lipinski definition) is 5. The molecule has 0 aromatic rings. The first-order valence-electron chi connectivity index (χ1n) is 5.98. The summed E-state index contributed by atoms with van der Waals surface area (Å²) in [7, 11) is 0. The normalized spacial score (nSPS) is 13.7. The van der Waals surface area contributed by atoms with Gasteiger partial charge in [-0.2, -0.15) is 0 Å². The lowest BCUT2D eigenvalue weighted by molar-refractivity contribution is -0.142. The van der Waals surface area contributed by atoms with Gasteiger partial charge >= 0.3 is 12.0 Å². The molecule has 0 aromatic carbocycles. The fraction of sp³-hybridized carbons (Fsp3) is 0.727. The average Bonchev–Trinajstić information content (AvgIpc) is 2.25. The van der Waals surface area contributed by atoms with Gasteiger partial charge in [0.15, 0.2) is 0 Å². The van der Waals surface area contributed by atoms with Crippen LogP contribution in [0.1, 0.15) is 26.7 Å². The summed E-state index contributed by atoms with van der Waals surface area (Å²) in [4.78, 5) is 33.5. The molecule has 3 amide bonds. The number of aliphatic hydroxyl groups is 1. The highest BCUT2D eigenvalue weighted by Crippen LogP contribution is 2.05. The molecular formula is C11H21N3O5. The van der Waals surface area contributed by atoms with Crippen LogP contribution in [-0.4, -0.2) is 46.8 Å². The third kappa shape index (κ3) is 7.24. The number of primary amides is 1. The van der Waals surface area contributed by atoms with Crippen molar-refractivity contribution >= 4 is 17.9 Å². The third-order valence-corrected chi connectivity index (χ3v) is 2.37. The SMILES string of the molecule is CC(C)CC(NC(N)=O)C(=O)N[C@@H](CCO)C(=O)O. The van der Waals surface area contributed by atoms with Crippen molar-refractivity contribution in [1.82, 2.24) is 10.6 Å². The van der Waals surface area contributed by atoms with Crippen LogP contribution in [-0.2, 0) is 9.59 Å². The topological polar surface area (TPSA) is 142 Å². The van der Waals surface area contributed by atoms with Gasteiger partial charge in [0.05, 0.1) is 0 Å². The molecule has 0 rings (SSSR count). The number of rotatable bonds is 8. The van der Waals surface area contributed by atoms with Crippen molar-refractivity contribution < 1.29 is 24.6 Å². The first-order valence-corrected chi connectivity index (χ1v) is 5.98. The van der Waals surface area contributed by atoms with E-state index in [9.17, 15) is 14.4 Å². The summed E-state index contributed by atoms with van der Waals surface area (Å²) in [6.07, 6.45) is 0.228. The van der Waals surface area contributed by atoms with Gasteiger partial charge in [-0.05, 0) is 12.3 Å². The van der Waals surface area contributed by atoms with Gasteiger partial charge in [0.25, 0.3) is 0 Å². The maximum atomic E-state index is 11.9. The Morgan fingerprint density at radius 3 is 2.11 bits per heavy atom. The molecular weight excluding hydrogens is 254 g/mol. The highest BCUT2D eigenvalue weighted by atomic mass is 16.4. The minimum atomic E-state index is -1.25. The van der Waals surface area contributed by atoms with Crippen molar-refractivity contribution in [3.05, 3.63) is 0 Å². The lowest BCUT2D eigenvalue weighted by Crippen LogP contribution is -2.53. The summed E-state index contributed by atoms with van der Waals surface area (Å²) in [5, 5.41) is 22.1. The largest absolute Gasteiger partial charge is 0.480 e. The second-order valence-corrected chi connectivity index (χ2v) is 4.60. The van der Waals surface area contributed by atoms with Crippen LogP contribution in [0.4, 0.5) is 4.79 Å². The van der Waals surface area contributed by atoms with Crippen LogP contribution in [0.15, 0.2) is 0 Å². The molecule has 0 heterocycles. The molecule has 8 heteroatoms. The fourth-order valence-corrected chi connectivity index (χ4v) is 1.53. The van der Waals surface area contributed by atoms with E-state index in [2.05, 4.69) is 10.6 Å². The van der Waals surface area contributed by atoms with Crippen LogP contribution in [0.3, 0.4) is 0 Å². The van der Waals surface area contributed by atoms with Crippen molar-refractivity contribution in [3.8, 4) is 0 Å². The molecule has 0 aliphatic rings.